The minimum atomic E-state index is 0.299. The number of aliphatic hydroxyl groups excluding tert-OH is 1. The number of para-hydroxylation sites is 2. The normalized spacial score (nSPS) is 15.8. The zero-order valence-electron chi connectivity index (χ0n) is 14.7. The highest BCUT2D eigenvalue weighted by atomic mass is 16.3. The van der Waals surface area contributed by atoms with Gasteiger partial charge in [0.1, 0.15) is 0 Å². The quantitative estimate of drug-likeness (QED) is 0.792. The lowest BCUT2D eigenvalue weighted by molar-refractivity contribution is 0.202. The van der Waals surface area contributed by atoms with Crippen LogP contribution in [0.5, 0.6) is 0 Å². The summed E-state index contributed by atoms with van der Waals surface area (Å²) in [6, 6.07) is 17.1. The number of anilines is 1. The number of benzene rings is 2. The number of hydrogen-bond acceptors (Lipinski definition) is 3. The van der Waals surface area contributed by atoms with E-state index in [9.17, 15) is 5.11 Å². The van der Waals surface area contributed by atoms with E-state index < -0.39 is 0 Å². The van der Waals surface area contributed by atoms with Crippen LogP contribution in [0, 0.1) is 12.8 Å². The van der Waals surface area contributed by atoms with Gasteiger partial charge < -0.3 is 14.6 Å². The predicted molar refractivity (Wildman–Crippen MR) is 102 cm³/mol. The molecule has 25 heavy (non-hydrogen) atoms. The first-order valence-corrected chi connectivity index (χ1v) is 9.11. The van der Waals surface area contributed by atoms with E-state index >= 15 is 0 Å². The third-order valence-electron chi connectivity index (χ3n) is 5.25. The Labute approximate surface area is 148 Å². The van der Waals surface area contributed by atoms with Crippen LogP contribution in [0.1, 0.15) is 24.0 Å². The minimum absolute atomic E-state index is 0.299. The van der Waals surface area contributed by atoms with Crippen molar-refractivity contribution in [1.29, 1.82) is 0 Å². The van der Waals surface area contributed by atoms with E-state index in [0.29, 0.717) is 12.5 Å². The molecule has 1 aromatic heterocycles. The Bertz CT molecular complexity index is 845. The van der Waals surface area contributed by atoms with Gasteiger partial charge >= 0.3 is 0 Å². The Hall–Kier alpha value is -2.33. The van der Waals surface area contributed by atoms with Crippen LogP contribution in [0.4, 0.5) is 5.95 Å². The Morgan fingerprint density at radius 1 is 1.04 bits per heavy atom. The summed E-state index contributed by atoms with van der Waals surface area (Å²) in [7, 11) is 0. The van der Waals surface area contributed by atoms with Crippen molar-refractivity contribution >= 4 is 17.0 Å². The van der Waals surface area contributed by atoms with Crippen molar-refractivity contribution in [1.82, 2.24) is 9.55 Å². The maximum atomic E-state index is 9.39. The molecule has 4 rings (SSSR count). The van der Waals surface area contributed by atoms with Crippen LogP contribution in [-0.2, 0) is 6.54 Å². The van der Waals surface area contributed by atoms with Gasteiger partial charge in [0, 0.05) is 19.7 Å². The molecular formula is C21H25N3O. The first-order chi connectivity index (χ1) is 12.2. The van der Waals surface area contributed by atoms with Crippen LogP contribution in [0.15, 0.2) is 48.5 Å². The van der Waals surface area contributed by atoms with E-state index in [2.05, 4.69) is 58.9 Å². The van der Waals surface area contributed by atoms with Gasteiger partial charge in [0.25, 0.3) is 0 Å². The zero-order chi connectivity index (χ0) is 17.2. The topological polar surface area (TPSA) is 41.3 Å². The largest absolute Gasteiger partial charge is 0.396 e. The van der Waals surface area contributed by atoms with Crippen molar-refractivity contribution in [2.24, 2.45) is 5.92 Å². The smallest absolute Gasteiger partial charge is 0.206 e. The fraction of sp³-hybridized carbons (Fsp3) is 0.381. The molecule has 3 aromatic rings. The summed E-state index contributed by atoms with van der Waals surface area (Å²) in [6.45, 7) is 5.17. The molecule has 0 saturated carbocycles. The number of nitrogens with zero attached hydrogens (tertiary/aromatic N) is 3. The number of aliphatic hydroxyl groups is 1. The van der Waals surface area contributed by atoms with Gasteiger partial charge in [0.2, 0.25) is 5.95 Å². The summed E-state index contributed by atoms with van der Waals surface area (Å²) in [6.07, 6.45) is 2.06. The summed E-state index contributed by atoms with van der Waals surface area (Å²) >= 11 is 0. The van der Waals surface area contributed by atoms with Crippen molar-refractivity contribution in [2.75, 3.05) is 24.6 Å². The summed E-state index contributed by atoms with van der Waals surface area (Å²) in [4.78, 5) is 7.30. The molecule has 0 bridgehead atoms. The molecule has 130 valence electrons. The van der Waals surface area contributed by atoms with Crippen molar-refractivity contribution < 1.29 is 5.11 Å². The highest BCUT2D eigenvalue weighted by Crippen LogP contribution is 2.27. The number of aryl methyl sites for hydroxylation is 1. The molecule has 2 heterocycles. The second kappa shape index (κ2) is 6.89. The fourth-order valence-corrected chi connectivity index (χ4v) is 3.65. The zero-order valence-corrected chi connectivity index (χ0v) is 14.7. The minimum Gasteiger partial charge on any atom is -0.396 e. The van der Waals surface area contributed by atoms with E-state index in [0.717, 1.165) is 43.9 Å². The molecule has 2 aromatic carbocycles. The summed E-state index contributed by atoms with van der Waals surface area (Å²) in [5.41, 5.74) is 4.81. The van der Waals surface area contributed by atoms with Crippen LogP contribution >= 0.6 is 0 Å². The Kier molecular flexibility index (Phi) is 4.45. The first kappa shape index (κ1) is 16.2. The van der Waals surface area contributed by atoms with Gasteiger partial charge in [-0.05, 0) is 43.4 Å². The van der Waals surface area contributed by atoms with Gasteiger partial charge in [-0.2, -0.15) is 0 Å². The summed E-state index contributed by atoms with van der Waals surface area (Å²) < 4.78 is 2.33. The second-order valence-electron chi connectivity index (χ2n) is 7.09. The molecular weight excluding hydrogens is 310 g/mol. The van der Waals surface area contributed by atoms with Crippen molar-refractivity contribution in [3.8, 4) is 0 Å². The van der Waals surface area contributed by atoms with Crippen molar-refractivity contribution in [2.45, 2.75) is 26.3 Å². The van der Waals surface area contributed by atoms with Gasteiger partial charge in [-0.15, -0.1) is 0 Å². The lowest BCUT2D eigenvalue weighted by atomic mass is 9.98. The molecule has 4 heteroatoms. The Morgan fingerprint density at radius 2 is 1.76 bits per heavy atom. The average Bonchev–Trinajstić information content (AvgIpc) is 3.02. The predicted octanol–water partition coefficient (Wildman–Crippen LogP) is 3.60. The van der Waals surface area contributed by atoms with Crippen molar-refractivity contribution in [3.63, 3.8) is 0 Å². The van der Waals surface area contributed by atoms with E-state index in [-0.39, 0.29) is 0 Å². The van der Waals surface area contributed by atoms with E-state index in [1.165, 1.54) is 16.6 Å². The monoisotopic (exact) mass is 335 g/mol. The van der Waals surface area contributed by atoms with Gasteiger partial charge in [-0.3, -0.25) is 0 Å². The van der Waals surface area contributed by atoms with E-state index in [1.54, 1.807) is 0 Å². The molecule has 1 saturated heterocycles. The third kappa shape index (κ3) is 3.27. The average molecular weight is 335 g/mol. The lowest BCUT2D eigenvalue weighted by Crippen LogP contribution is -2.36. The Morgan fingerprint density at radius 3 is 2.48 bits per heavy atom. The first-order valence-electron chi connectivity index (χ1n) is 9.11. The maximum Gasteiger partial charge on any atom is 0.206 e. The van der Waals surface area contributed by atoms with E-state index in [1.807, 2.05) is 6.07 Å². The number of rotatable bonds is 4. The molecule has 0 amide bonds. The summed E-state index contributed by atoms with van der Waals surface area (Å²) in [5, 5.41) is 9.39. The Balaban J connectivity index is 1.69. The lowest BCUT2D eigenvalue weighted by Gasteiger charge is -2.32. The van der Waals surface area contributed by atoms with Crippen LogP contribution < -0.4 is 4.90 Å². The SMILES string of the molecule is Cc1ccc(Cn2c(N3CCC(CO)CC3)nc3ccccc32)cc1. The molecule has 0 spiro atoms. The van der Waals surface area contributed by atoms with Gasteiger partial charge in [0.05, 0.1) is 17.6 Å². The third-order valence-corrected chi connectivity index (χ3v) is 5.25. The highest BCUT2D eigenvalue weighted by Gasteiger charge is 2.23. The molecule has 1 fully saturated rings. The molecule has 0 radical (unpaired) electrons. The number of piperidine rings is 1. The summed E-state index contributed by atoms with van der Waals surface area (Å²) in [5.74, 6) is 1.49. The maximum absolute atomic E-state index is 9.39. The van der Waals surface area contributed by atoms with Crippen LogP contribution in [-0.4, -0.2) is 34.4 Å². The number of imidazole rings is 1. The van der Waals surface area contributed by atoms with Crippen molar-refractivity contribution in [3.05, 3.63) is 59.7 Å². The van der Waals surface area contributed by atoms with Crippen LogP contribution in [0.3, 0.4) is 0 Å². The molecule has 1 aliphatic rings. The number of aromatic nitrogens is 2. The molecule has 1 N–H and O–H groups in total. The van der Waals surface area contributed by atoms with Crippen LogP contribution in [0.2, 0.25) is 0 Å². The van der Waals surface area contributed by atoms with E-state index in [4.69, 9.17) is 4.98 Å². The number of fused-ring (bicyclic) bond motifs is 1. The second-order valence-corrected chi connectivity index (χ2v) is 7.09. The van der Waals surface area contributed by atoms with Gasteiger partial charge in [-0.25, -0.2) is 4.98 Å². The van der Waals surface area contributed by atoms with Crippen LogP contribution in [0.25, 0.3) is 11.0 Å². The molecule has 0 atom stereocenters. The molecule has 0 unspecified atom stereocenters. The highest BCUT2D eigenvalue weighted by molar-refractivity contribution is 5.79. The van der Waals surface area contributed by atoms with Gasteiger partial charge in [0.15, 0.2) is 0 Å². The van der Waals surface area contributed by atoms with Gasteiger partial charge in [-0.1, -0.05) is 42.0 Å². The number of hydrogen-bond donors (Lipinski definition) is 1. The standard InChI is InChI=1S/C21H25N3O/c1-16-6-8-17(9-7-16)14-24-20-5-3-2-4-19(20)22-21(24)23-12-10-18(15-25)11-13-23/h2-9,18,25H,10-15H2,1H3. The fourth-order valence-electron chi connectivity index (χ4n) is 3.65. The molecule has 4 nitrogen and oxygen atoms in total. The molecule has 0 aliphatic carbocycles. The molecule has 1 aliphatic heterocycles.